The minimum atomic E-state index is -0.723. The molecule has 7 heteroatoms. The number of halogens is 1. The van der Waals surface area contributed by atoms with Gasteiger partial charge < -0.3 is 10.6 Å². The molecule has 0 saturated heterocycles. The van der Waals surface area contributed by atoms with Gasteiger partial charge in [0.1, 0.15) is 11.9 Å². The van der Waals surface area contributed by atoms with Crippen LogP contribution in [0.15, 0.2) is 42.5 Å². The number of aromatic nitrogens is 2. The summed E-state index contributed by atoms with van der Waals surface area (Å²) in [6.45, 7) is 5.83. The van der Waals surface area contributed by atoms with Crippen molar-refractivity contribution in [3.05, 3.63) is 64.2 Å². The maximum absolute atomic E-state index is 13.0. The highest BCUT2D eigenvalue weighted by molar-refractivity contribution is 6.30. The number of rotatable bonds is 3. The second-order valence-electron chi connectivity index (χ2n) is 7.35. The Hall–Kier alpha value is -3.12. The lowest BCUT2D eigenvalue weighted by Gasteiger charge is -2.24. The molecule has 4 rings (SSSR count). The molecule has 1 aliphatic rings. The fourth-order valence-electron chi connectivity index (χ4n) is 3.59. The van der Waals surface area contributed by atoms with Crippen molar-refractivity contribution < 1.29 is 9.59 Å². The van der Waals surface area contributed by atoms with E-state index < -0.39 is 6.04 Å². The van der Waals surface area contributed by atoms with E-state index in [9.17, 15) is 9.59 Å². The number of benzene rings is 2. The largest absolute Gasteiger partial charge is 0.324 e. The number of hydrogen-bond donors (Lipinski definition) is 2. The minimum Gasteiger partial charge on any atom is -0.324 e. The molecule has 0 bridgehead atoms. The molecule has 0 unspecified atom stereocenters. The first-order chi connectivity index (χ1) is 13.8. The van der Waals surface area contributed by atoms with Gasteiger partial charge in [-0.3, -0.25) is 9.59 Å². The molecule has 2 N–H and O–H groups in total. The van der Waals surface area contributed by atoms with E-state index in [1.165, 1.54) is 0 Å². The molecule has 2 aromatic carbocycles. The lowest BCUT2D eigenvalue weighted by molar-refractivity contribution is -0.125. The Morgan fingerprint density at radius 1 is 1.17 bits per heavy atom. The lowest BCUT2D eigenvalue weighted by atomic mass is 10.1. The van der Waals surface area contributed by atoms with E-state index in [1.54, 1.807) is 16.8 Å². The van der Waals surface area contributed by atoms with Crippen LogP contribution in [0.25, 0.3) is 11.3 Å². The zero-order valence-corrected chi connectivity index (χ0v) is 17.2. The Morgan fingerprint density at radius 2 is 1.90 bits per heavy atom. The molecule has 1 aromatic heterocycles. The Kier molecular flexibility index (Phi) is 4.88. The van der Waals surface area contributed by atoms with Crippen molar-refractivity contribution in [1.29, 1.82) is 0 Å². The average molecular weight is 409 g/mol. The summed E-state index contributed by atoms with van der Waals surface area (Å²) in [5.74, 6) is 0.0779. The predicted molar refractivity (Wildman–Crippen MR) is 114 cm³/mol. The third kappa shape index (κ3) is 3.63. The second-order valence-corrected chi connectivity index (χ2v) is 7.79. The Bertz CT molecular complexity index is 1120. The maximum atomic E-state index is 13.0. The Balaban J connectivity index is 1.70. The van der Waals surface area contributed by atoms with Crippen LogP contribution in [0.5, 0.6) is 0 Å². The summed E-state index contributed by atoms with van der Waals surface area (Å²) in [5, 5.41) is 11.1. The molecule has 1 aliphatic heterocycles. The van der Waals surface area contributed by atoms with Gasteiger partial charge in [-0.05, 0) is 44.5 Å². The monoisotopic (exact) mass is 408 g/mol. The SMILES string of the molecule is Cc1ccc(NC(=O)[C@@H]2CC(=O)Nc3c(C)c(-c4ccc(Cl)cc4)nn32)c(C)c1. The number of amides is 2. The second kappa shape index (κ2) is 7.37. The summed E-state index contributed by atoms with van der Waals surface area (Å²) >= 11 is 5.99. The van der Waals surface area contributed by atoms with Gasteiger partial charge in [0, 0.05) is 21.8 Å². The van der Waals surface area contributed by atoms with E-state index in [1.807, 2.05) is 51.1 Å². The van der Waals surface area contributed by atoms with Gasteiger partial charge in [-0.25, -0.2) is 4.68 Å². The maximum Gasteiger partial charge on any atom is 0.249 e. The van der Waals surface area contributed by atoms with E-state index in [-0.39, 0.29) is 18.2 Å². The summed E-state index contributed by atoms with van der Waals surface area (Å²) < 4.78 is 1.61. The van der Waals surface area contributed by atoms with E-state index in [0.717, 1.165) is 27.9 Å². The minimum absolute atomic E-state index is 0.0327. The van der Waals surface area contributed by atoms with Gasteiger partial charge in [0.15, 0.2) is 0 Å². The molecule has 0 aliphatic carbocycles. The molecular weight excluding hydrogens is 388 g/mol. The molecule has 29 heavy (non-hydrogen) atoms. The summed E-state index contributed by atoms with van der Waals surface area (Å²) in [4.78, 5) is 25.3. The molecule has 0 radical (unpaired) electrons. The molecular formula is C22H21ClN4O2. The van der Waals surface area contributed by atoms with Crippen LogP contribution < -0.4 is 10.6 Å². The van der Waals surface area contributed by atoms with Crippen molar-refractivity contribution in [3.63, 3.8) is 0 Å². The fourth-order valence-corrected chi connectivity index (χ4v) is 3.72. The molecule has 3 aromatic rings. The third-order valence-electron chi connectivity index (χ3n) is 5.14. The molecule has 0 saturated carbocycles. The number of hydrogen-bond acceptors (Lipinski definition) is 3. The molecule has 1 atom stereocenters. The van der Waals surface area contributed by atoms with E-state index in [4.69, 9.17) is 11.6 Å². The van der Waals surface area contributed by atoms with Crippen LogP contribution in [0.3, 0.4) is 0 Å². The van der Waals surface area contributed by atoms with Crippen molar-refractivity contribution in [2.45, 2.75) is 33.2 Å². The van der Waals surface area contributed by atoms with Crippen LogP contribution >= 0.6 is 11.6 Å². The first kappa shape index (κ1) is 19.2. The number of nitrogens with one attached hydrogen (secondary N) is 2. The van der Waals surface area contributed by atoms with Crippen LogP contribution in [-0.4, -0.2) is 21.6 Å². The van der Waals surface area contributed by atoms with Crippen LogP contribution in [-0.2, 0) is 9.59 Å². The normalized spacial score (nSPS) is 15.6. The van der Waals surface area contributed by atoms with Crippen LogP contribution in [0.1, 0.15) is 29.2 Å². The van der Waals surface area contributed by atoms with Crippen molar-refractivity contribution >= 4 is 34.9 Å². The van der Waals surface area contributed by atoms with Gasteiger partial charge in [-0.1, -0.05) is 41.4 Å². The van der Waals surface area contributed by atoms with Crippen molar-refractivity contribution in [2.75, 3.05) is 10.6 Å². The highest BCUT2D eigenvalue weighted by Gasteiger charge is 2.34. The van der Waals surface area contributed by atoms with Crippen molar-refractivity contribution in [1.82, 2.24) is 9.78 Å². The van der Waals surface area contributed by atoms with Crippen molar-refractivity contribution in [3.8, 4) is 11.3 Å². The Morgan fingerprint density at radius 3 is 2.59 bits per heavy atom. The number of aryl methyl sites for hydroxylation is 2. The third-order valence-corrected chi connectivity index (χ3v) is 5.39. The van der Waals surface area contributed by atoms with E-state index in [0.29, 0.717) is 16.5 Å². The quantitative estimate of drug-likeness (QED) is 0.662. The first-order valence-electron chi connectivity index (χ1n) is 9.36. The van der Waals surface area contributed by atoms with Gasteiger partial charge >= 0.3 is 0 Å². The fraction of sp³-hybridized carbons (Fsp3) is 0.227. The highest BCUT2D eigenvalue weighted by atomic mass is 35.5. The molecule has 148 valence electrons. The average Bonchev–Trinajstić information content (AvgIpc) is 3.00. The Labute approximate surface area is 173 Å². The topological polar surface area (TPSA) is 76.0 Å². The number of nitrogens with zero attached hydrogens (tertiary/aromatic N) is 2. The summed E-state index contributed by atoms with van der Waals surface area (Å²) in [6, 6.07) is 12.4. The zero-order valence-electron chi connectivity index (χ0n) is 16.4. The lowest BCUT2D eigenvalue weighted by Crippen LogP contribution is -2.36. The summed E-state index contributed by atoms with van der Waals surface area (Å²) in [5.41, 5.74) is 5.21. The molecule has 0 spiro atoms. The standard InChI is InChI=1S/C22H21ClN4O2/c1-12-4-9-17(13(2)10-12)24-22(29)18-11-19(28)25-21-14(3)20(26-27(18)21)15-5-7-16(23)8-6-15/h4-10,18H,11H2,1-3H3,(H,24,29)(H,25,28)/t18-/m0/s1. The van der Waals surface area contributed by atoms with Gasteiger partial charge in [-0.2, -0.15) is 5.10 Å². The molecule has 2 heterocycles. The zero-order chi connectivity index (χ0) is 20.7. The van der Waals surface area contributed by atoms with Crippen LogP contribution in [0, 0.1) is 20.8 Å². The first-order valence-corrected chi connectivity index (χ1v) is 9.74. The smallest absolute Gasteiger partial charge is 0.249 e. The summed E-state index contributed by atoms with van der Waals surface area (Å²) in [7, 11) is 0. The van der Waals surface area contributed by atoms with Crippen LogP contribution in [0.4, 0.5) is 11.5 Å². The number of fused-ring (bicyclic) bond motifs is 1. The van der Waals surface area contributed by atoms with E-state index in [2.05, 4.69) is 15.7 Å². The van der Waals surface area contributed by atoms with Gasteiger partial charge in [0.05, 0.1) is 12.1 Å². The van der Waals surface area contributed by atoms with Gasteiger partial charge in [0.25, 0.3) is 0 Å². The highest BCUT2D eigenvalue weighted by Crippen LogP contribution is 2.35. The molecule has 2 amide bonds. The molecule has 6 nitrogen and oxygen atoms in total. The van der Waals surface area contributed by atoms with Gasteiger partial charge in [-0.15, -0.1) is 0 Å². The van der Waals surface area contributed by atoms with Crippen LogP contribution in [0.2, 0.25) is 5.02 Å². The number of anilines is 2. The predicted octanol–water partition coefficient (Wildman–Crippen LogP) is 4.65. The summed E-state index contributed by atoms with van der Waals surface area (Å²) in [6.07, 6.45) is 0.0327. The van der Waals surface area contributed by atoms with Gasteiger partial charge in [0.2, 0.25) is 11.8 Å². The van der Waals surface area contributed by atoms with Crippen molar-refractivity contribution in [2.24, 2.45) is 0 Å². The molecule has 0 fully saturated rings. The number of carbonyl (C=O) groups excluding carboxylic acids is 2. The number of carbonyl (C=O) groups is 2. The van der Waals surface area contributed by atoms with E-state index >= 15 is 0 Å².